The molecule has 0 fully saturated rings. The molecule has 132 valence electrons. The number of carbonyl (C=O) groups excluding carboxylic acids is 2. The second-order valence-electron chi connectivity index (χ2n) is 5.96. The molecule has 2 N–H and O–H groups in total. The molecule has 0 aliphatic rings. The summed E-state index contributed by atoms with van der Waals surface area (Å²) in [5, 5.41) is 8.39. The Balaban J connectivity index is 1.76. The normalized spacial score (nSPS) is 10.5. The first-order chi connectivity index (χ1) is 12.1. The molecule has 0 saturated heterocycles. The van der Waals surface area contributed by atoms with Gasteiger partial charge in [-0.15, -0.1) is 0 Å². The van der Waals surface area contributed by atoms with Crippen molar-refractivity contribution in [1.29, 1.82) is 0 Å². The van der Waals surface area contributed by atoms with E-state index < -0.39 is 0 Å². The Bertz CT molecular complexity index is 696. The Morgan fingerprint density at radius 2 is 1.32 bits per heavy atom. The van der Waals surface area contributed by atoms with Gasteiger partial charge in [0.05, 0.1) is 0 Å². The van der Waals surface area contributed by atoms with Crippen molar-refractivity contribution >= 4 is 27.6 Å². The number of carbonyl (C=O) groups is 2. The largest absolute Gasteiger partial charge is 0.294 e. The van der Waals surface area contributed by atoms with Crippen LogP contribution in [0.25, 0.3) is 11.1 Å². The number of Topliss-reactive ketones (excluding diaryl/α,β-unsaturated/α-hetero) is 1. The van der Waals surface area contributed by atoms with Crippen LogP contribution in [0.3, 0.4) is 0 Å². The minimum Gasteiger partial charge on any atom is -0.294 e. The number of nitrogens with one attached hydrogen (secondary N) is 1. The van der Waals surface area contributed by atoms with E-state index in [1.165, 1.54) is 0 Å². The van der Waals surface area contributed by atoms with Crippen molar-refractivity contribution in [2.75, 3.05) is 0 Å². The standard InChI is InChI=1S/C20H22BrNO3/c21-18-13-11-16(12-14-18)15-7-9-17(10-8-15)19(23)5-3-1-2-4-6-20(24)22-25/h7-14,25H,1-6H2,(H,22,24). The van der Waals surface area contributed by atoms with Crippen LogP contribution < -0.4 is 5.48 Å². The number of hydroxylamine groups is 1. The molecule has 0 saturated carbocycles. The first-order valence-corrected chi connectivity index (χ1v) is 9.21. The van der Waals surface area contributed by atoms with Gasteiger partial charge in [-0.3, -0.25) is 14.8 Å². The fourth-order valence-corrected chi connectivity index (χ4v) is 2.88. The zero-order valence-electron chi connectivity index (χ0n) is 14.0. The minimum atomic E-state index is -0.359. The van der Waals surface area contributed by atoms with E-state index in [0.29, 0.717) is 12.8 Å². The van der Waals surface area contributed by atoms with E-state index in [0.717, 1.165) is 46.8 Å². The summed E-state index contributed by atoms with van der Waals surface area (Å²) in [6.07, 6.45) is 4.16. The average Bonchev–Trinajstić information content (AvgIpc) is 2.65. The lowest BCUT2D eigenvalue weighted by Crippen LogP contribution is -2.17. The van der Waals surface area contributed by atoms with Gasteiger partial charge in [-0.2, -0.15) is 0 Å². The van der Waals surface area contributed by atoms with Crippen LogP contribution in [-0.4, -0.2) is 16.9 Å². The Hall–Kier alpha value is -1.98. The molecular weight excluding hydrogens is 382 g/mol. The predicted molar refractivity (Wildman–Crippen MR) is 102 cm³/mol. The highest BCUT2D eigenvalue weighted by Crippen LogP contribution is 2.22. The molecular formula is C20H22BrNO3. The van der Waals surface area contributed by atoms with Crippen molar-refractivity contribution in [3.05, 3.63) is 58.6 Å². The Morgan fingerprint density at radius 3 is 1.88 bits per heavy atom. The minimum absolute atomic E-state index is 0.149. The molecule has 4 nitrogen and oxygen atoms in total. The van der Waals surface area contributed by atoms with E-state index in [2.05, 4.69) is 15.9 Å². The van der Waals surface area contributed by atoms with Crippen molar-refractivity contribution in [2.45, 2.75) is 38.5 Å². The molecule has 2 aromatic carbocycles. The summed E-state index contributed by atoms with van der Waals surface area (Å²) in [5.41, 5.74) is 4.56. The number of benzene rings is 2. The van der Waals surface area contributed by atoms with Crippen molar-refractivity contribution in [3.63, 3.8) is 0 Å². The number of hydrogen-bond donors (Lipinski definition) is 2. The molecule has 5 heteroatoms. The zero-order chi connectivity index (χ0) is 18.1. The highest BCUT2D eigenvalue weighted by Gasteiger charge is 2.06. The summed E-state index contributed by atoms with van der Waals surface area (Å²) < 4.78 is 1.04. The van der Waals surface area contributed by atoms with Gasteiger partial charge in [0, 0.05) is 22.9 Å². The quantitative estimate of drug-likeness (QED) is 0.263. The molecule has 0 aliphatic carbocycles. The highest BCUT2D eigenvalue weighted by molar-refractivity contribution is 9.10. The van der Waals surface area contributed by atoms with Crippen LogP contribution in [0.5, 0.6) is 0 Å². The van der Waals surface area contributed by atoms with Gasteiger partial charge in [-0.05, 0) is 36.1 Å². The van der Waals surface area contributed by atoms with E-state index in [4.69, 9.17) is 5.21 Å². The number of unbranched alkanes of at least 4 members (excludes halogenated alkanes) is 3. The second-order valence-corrected chi connectivity index (χ2v) is 6.87. The first kappa shape index (κ1) is 19.3. The summed E-state index contributed by atoms with van der Waals surface area (Å²) in [6, 6.07) is 15.8. The van der Waals surface area contributed by atoms with Crippen molar-refractivity contribution < 1.29 is 14.8 Å². The lowest BCUT2D eigenvalue weighted by molar-refractivity contribution is -0.129. The van der Waals surface area contributed by atoms with E-state index in [-0.39, 0.29) is 11.7 Å². The third kappa shape index (κ3) is 6.44. The van der Waals surface area contributed by atoms with Gasteiger partial charge in [-0.25, -0.2) is 5.48 Å². The van der Waals surface area contributed by atoms with E-state index >= 15 is 0 Å². The molecule has 25 heavy (non-hydrogen) atoms. The fraction of sp³-hybridized carbons (Fsp3) is 0.300. The average molecular weight is 404 g/mol. The van der Waals surface area contributed by atoms with Gasteiger partial charge < -0.3 is 0 Å². The van der Waals surface area contributed by atoms with Gasteiger partial charge in [0.15, 0.2) is 5.78 Å². The third-order valence-electron chi connectivity index (χ3n) is 4.07. The SMILES string of the molecule is O=C(CCCCCCC(=O)c1ccc(-c2ccc(Br)cc2)cc1)NO. The first-order valence-electron chi connectivity index (χ1n) is 8.42. The lowest BCUT2D eigenvalue weighted by atomic mass is 10.00. The van der Waals surface area contributed by atoms with Crippen molar-refractivity contribution in [1.82, 2.24) is 5.48 Å². The summed E-state index contributed by atoms with van der Waals surface area (Å²) in [7, 11) is 0. The van der Waals surface area contributed by atoms with Crippen molar-refractivity contribution in [2.24, 2.45) is 0 Å². The number of halogens is 1. The monoisotopic (exact) mass is 403 g/mol. The molecule has 2 aromatic rings. The van der Waals surface area contributed by atoms with Crippen LogP contribution in [0.4, 0.5) is 0 Å². The van der Waals surface area contributed by atoms with Gasteiger partial charge in [0.25, 0.3) is 0 Å². The lowest BCUT2D eigenvalue weighted by Gasteiger charge is -2.05. The van der Waals surface area contributed by atoms with Crippen LogP contribution in [0.2, 0.25) is 0 Å². The molecule has 1 amide bonds. The maximum absolute atomic E-state index is 12.2. The maximum atomic E-state index is 12.2. The van der Waals surface area contributed by atoms with Crippen LogP contribution in [0, 0.1) is 0 Å². The third-order valence-corrected chi connectivity index (χ3v) is 4.60. The number of hydrogen-bond acceptors (Lipinski definition) is 3. The Morgan fingerprint density at radius 1 is 0.800 bits per heavy atom. The molecule has 0 spiro atoms. The summed E-state index contributed by atoms with van der Waals surface area (Å²) in [5.74, 6) is -0.211. The van der Waals surface area contributed by atoms with Gasteiger partial charge in [-0.1, -0.05) is 65.2 Å². The van der Waals surface area contributed by atoms with Crippen LogP contribution >= 0.6 is 15.9 Å². The molecule has 2 rings (SSSR count). The molecule has 0 aliphatic heterocycles. The molecule has 0 atom stereocenters. The van der Waals surface area contributed by atoms with Crippen LogP contribution in [-0.2, 0) is 4.79 Å². The van der Waals surface area contributed by atoms with E-state index in [1.54, 1.807) is 5.48 Å². The van der Waals surface area contributed by atoms with Crippen LogP contribution in [0.1, 0.15) is 48.9 Å². The molecule has 0 radical (unpaired) electrons. The summed E-state index contributed by atoms with van der Waals surface area (Å²) in [4.78, 5) is 23.1. The topological polar surface area (TPSA) is 66.4 Å². The Kier molecular flexibility index (Phi) is 7.82. The van der Waals surface area contributed by atoms with Gasteiger partial charge in [0.1, 0.15) is 0 Å². The maximum Gasteiger partial charge on any atom is 0.243 e. The second kappa shape index (κ2) is 10.1. The van der Waals surface area contributed by atoms with Gasteiger partial charge in [0.2, 0.25) is 5.91 Å². The molecule has 0 bridgehead atoms. The Labute approximate surface area is 156 Å². The summed E-state index contributed by atoms with van der Waals surface area (Å²) in [6.45, 7) is 0. The highest BCUT2D eigenvalue weighted by atomic mass is 79.9. The zero-order valence-corrected chi connectivity index (χ0v) is 15.6. The van der Waals surface area contributed by atoms with Gasteiger partial charge >= 0.3 is 0 Å². The van der Waals surface area contributed by atoms with E-state index in [9.17, 15) is 9.59 Å². The van der Waals surface area contributed by atoms with Crippen molar-refractivity contribution in [3.8, 4) is 11.1 Å². The number of amides is 1. The fourth-order valence-electron chi connectivity index (χ4n) is 2.62. The molecule has 0 heterocycles. The molecule has 0 unspecified atom stereocenters. The van der Waals surface area contributed by atoms with E-state index in [1.807, 2.05) is 48.5 Å². The summed E-state index contributed by atoms with van der Waals surface area (Å²) >= 11 is 3.42. The van der Waals surface area contributed by atoms with Crippen LogP contribution in [0.15, 0.2) is 53.0 Å². The molecule has 0 aromatic heterocycles. The number of ketones is 1. The smallest absolute Gasteiger partial charge is 0.243 e. The number of rotatable bonds is 9. The predicted octanol–water partition coefficient (Wildman–Crippen LogP) is 5.14.